The van der Waals surface area contributed by atoms with Crippen LogP contribution in [-0.4, -0.2) is 23.2 Å². The fourth-order valence-electron chi connectivity index (χ4n) is 4.42. The van der Waals surface area contributed by atoms with Gasteiger partial charge in [0, 0.05) is 6.54 Å². The van der Waals surface area contributed by atoms with E-state index in [1.165, 1.54) is 12.8 Å². The highest BCUT2D eigenvalue weighted by molar-refractivity contribution is 5.81. The number of nitrogens with zero attached hydrogens (tertiary/aromatic N) is 2. The molecule has 0 radical (unpaired) electrons. The standard InChI is InChI=1S/C25H29N3O2/c1-30-21-11-12-23-22(15-21)25(29)28(17-20-9-5-8-19(14-20)16-26)24(27-23)13-10-18-6-3-2-4-7-18/h2-4,6-7,10-13,15,19-20H,5,8-9,14,16-17,26H2,1H3/b13-10+. The van der Waals surface area contributed by atoms with Crippen molar-refractivity contribution in [2.75, 3.05) is 13.7 Å². The smallest absolute Gasteiger partial charge is 0.261 e. The molecule has 1 fully saturated rings. The third-order valence-electron chi connectivity index (χ3n) is 6.08. The van der Waals surface area contributed by atoms with Crippen LogP contribution in [0, 0.1) is 11.8 Å². The number of nitrogens with two attached hydrogens (primary N) is 1. The lowest BCUT2D eigenvalue weighted by atomic mass is 9.81. The minimum Gasteiger partial charge on any atom is -0.497 e. The summed E-state index contributed by atoms with van der Waals surface area (Å²) < 4.78 is 7.17. The highest BCUT2D eigenvalue weighted by Crippen LogP contribution is 2.30. The van der Waals surface area contributed by atoms with E-state index >= 15 is 0 Å². The zero-order valence-electron chi connectivity index (χ0n) is 17.5. The molecule has 1 saturated carbocycles. The maximum absolute atomic E-state index is 13.5. The van der Waals surface area contributed by atoms with Gasteiger partial charge in [-0.1, -0.05) is 42.8 Å². The number of fused-ring (bicyclic) bond motifs is 1. The molecule has 0 amide bonds. The first-order valence-corrected chi connectivity index (χ1v) is 10.7. The lowest BCUT2D eigenvalue weighted by molar-refractivity contribution is 0.245. The van der Waals surface area contributed by atoms with Crippen molar-refractivity contribution in [3.8, 4) is 5.75 Å². The van der Waals surface area contributed by atoms with E-state index in [-0.39, 0.29) is 5.56 Å². The summed E-state index contributed by atoms with van der Waals surface area (Å²) in [6.45, 7) is 1.39. The number of ether oxygens (including phenoxy) is 1. The molecule has 2 aromatic carbocycles. The lowest BCUT2D eigenvalue weighted by Gasteiger charge is -2.29. The van der Waals surface area contributed by atoms with Crippen LogP contribution >= 0.6 is 0 Å². The van der Waals surface area contributed by atoms with E-state index < -0.39 is 0 Å². The molecule has 0 bridgehead atoms. The van der Waals surface area contributed by atoms with Crippen LogP contribution in [0.25, 0.3) is 23.1 Å². The highest BCUT2D eigenvalue weighted by atomic mass is 16.5. The highest BCUT2D eigenvalue weighted by Gasteiger charge is 2.23. The Morgan fingerprint density at radius 3 is 2.70 bits per heavy atom. The largest absolute Gasteiger partial charge is 0.497 e. The molecule has 1 aliphatic carbocycles. The second-order valence-electron chi connectivity index (χ2n) is 8.15. The zero-order chi connectivity index (χ0) is 20.9. The molecule has 4 rings (SSSR count). The first kappa shape index (κ1) is 20.4. The Morgan fingerprint density at radius 1 is 1.13 bits per heavy atom. The molecule has 1 aliphatic rings. The van der Waals surface area contributed by atoms with Gasteiger partial charge in [0.1, 0.15) is 11.6 Å². The van der Waals surface area contributed by atoms with E-state index in [1.807, 2.05) is 59.2 Å². The molecule has 5 nitrogen and oxygen atoms in total. The van der Waals surface area contributed by atoms with Crippen LogP contribution < -0.4 is 16.0 Å². The molecule has 5 heteroatoms. The van der Waals surface area contributed by atoms with Crippen molar-refractivity contribution < 1.29 is 4.74 Å². The Kier molecular flexibility index (Phi) is 6.29. The van der Waals surface area contributed by atoms with E-state index in [2.05, 4.69) is 0 Å². The topological polar surface area (TPSA) is 70.1 Å². The number of methoxy groups -OCH3 is 1. The maximum Gasteiger partial charge on any atom is 0.261 e. The Bertz CT molecular complexity index is 1090. The minimum atomic E-state index is -0.0125. The molecule has 1 aromatic heterocycles. The first-order valence-electron chi connectivity index (χ1n) is 10.7. The Balaban J connectivity index is 1.76. The van der Waals surface area contributed by atoms with E-state index in [0.29, 0.717) is 40.9 Å². The second-order valence-corrected chi connectivity index (χ2v) is 8.15. The van der Waals surface area contributed by atoms with Crippen molar-refractivity contribution in [3.63, 3.8) is 0 Å². The maximum atomic E-state index is 13.5. The minimum absolute atomic E-state index is 0.0125. The molecular weight excluding hydrogens is 374 g/mol. The molecule has 156 valence electrons. The van der Waals surface area contributed by atoms with Gasteiger partial charge in [0.05, 0.1) is 18.0 Å². The molecule has 30 heavy (non-hydrogen) atoms. The molecule has 2 N–H and O–H groups in total. The van der Waals surface area contributed by atoms with Crippen molar-refractivity contribution in [2.45, 2.75) is 32.2 Å². The van der Waals surface area contributed by atoms with E-state index in [9.17, 15) is 4.79 Å². The molecule has 0 saturated heterocycles. The first-order chi connectivity index (χ1) is 14.7. The average Bonchev–Trinajstić information content (AvgIpc) is 2.80. The summed E-state index contributed by atoms with van der Waals surface area (Å²) in [5.41, 5.74) is 7.68. The fraction of sp³-hybridized carbons (Fsp3) is 0.360. The van der Waals surface area contributed by atoms with Crippen LogP contribution in [0.2, 0.25) is 0 Å². The molecule has 0 spiro atoms. The number of aromatic nitrogens is 2. The Hall–Kier alpha value is -2.92. The van der Waals surface area contributed by atoms with Crippen molar-refractivity contribution in [1.82, 2.24) is 9.55 Å². The van der Waals surface area contributed by atoms with Crippen molar-refractivity contribution in [3.05, 3.63) is 70.3 Å². The van der Waals surface area contributed by atoms with Crippen LogP contribution in [0.1, 0.15) is 37.1 Å². The van der Waals surface area contributed by atoms with Gasteiger partial charge >= 0.3 is 0 Å². The summed E-state index contributed by atoms with van der Waals surface area (Å²) in [7, 11) is 1.61. The van der Waals surface area contributed by atoms with E-state index in [0.717, 1.165) is 24.9 Å². The quantitative estimate of drug-likeness (QED) is 0.665. The van der Waals surface area contributed by atoms with Crippen molar-refractivity contribution in [1.29, 1.82) is 0 Å². The van der Waals surface area contributed by atoms with Crippen LogP contribution in [0.3, 0.4) is 0 Å². The third-order valence-corrected chi connectivity index (χ3v) is 6.08. The zero-order valence-corrected chi connectivity index (χ0v) is 17.5. The van der Waals surface area contributed by atoms with Crippen LogP contribution in [0.5, 0.6) is 5.75 Å². The molecular formula is C25H29N3O2. The second kappa shape index (κ2) is 9.26. The lowest BCUT2D eigenvalue weighted by Crippen LogP contribution is -2.31. The van der Waals surface area contributed by atoms with Crippen LogP contribution in [0.4, 0.5) is 0 Å². The number of benzene rings is 2. The van der Waals surface area contributed by atoms with E-state index in [4.69, 9.17) is 15.5 Å². The molecule has 3 aromatic rings. The summed E-state index contributed by atoms with van der Waals surface area (Å²) in [6, 6.07) is 15.6. The number of hydrogen-bond acceptors (Lipinski definition) is 4. The van der Waals surface area contributed by atoms with Gasteiger partial charge in [-0.05, 0) is 67.5 Å². The van der Waals surface area contributed by atoms with Gasteiger partial charge in [0.25, 0.3) is 5.56 Å². The molecule has 2 unspecified atom stereocenters. The monoisotopic (exact) mass is 403 g/mol. The Labute approximate surface area is 177 Å². The number of rotatable bonds is 6. The number of hydrogen-bond donors (Lipinski definition) is 1. The van der Waals surface area contributed by atoms with Crippen molar-refractivity contribution >= 4 is 23.1 Å². The normalized spacial score (nSPS) is 19.4. The molecule has 0 aliphatic heterocycles. The predicted octanol–water partition coefficient (Wildman–Crippen LogP) is 4.34. The summed E-state index contributed by atoms with van der Waals surface area (Å²) in [5.74, 6) is 2.35. The molecule has 2 atom stereocenters. The predicted molar refractivity (Wildman–Crippen MR) is 122 cm³/mol. The summed E-state index contributed by atoms with van der Waals surface area (Å²) in [6.07, 6.45) is 8.52. The third kappa shape index (κ3) is 4.46. The average molecular weight is 404 g/mol. The fourth-order valence-corrected chi connectivity index (χ4v) is 4.42. The van der Waals surface area contributed by atoms with Gasteiger partial charge in [0.15, 0.2) is 0 Å². The molecule has 1 heterocycles. The van der Waals surface area contributed by atoms with Gasteiger partial charge in [0.2, 0.25) is 0 Å². The van der Waals surface area contributed by atoms with Crippen molar-refractivity contribution in [2.24, 2.45) is 17.6 Å². The van der Waals surface area contributed by atoms with Crippen LogP contribution in [0.15, 0.2) is 53.3 Å². The van der Waals surface area contributed by atoms with Crippen LogP contribution in [-0.2, 0) is 6.54 Å². The Morgan fingerprint density at radius 2 is 1.93 bits per heavy atom. The van der Waals surface area contributed by atoms with E-state index in [1.54, 1.807) is 13.2 Å². The van der Waals surface area contributed by atoms with Gasteiger partial charge in [-0.25, -0.2) is 4.98 Å². The summed E-state index contributed by atoms with van der Waals surface area (Å²) in [4.78, 5) is 18.3. The van der Waals surface area contributed by atoms with Gasteiger partial charge in [-0.3, -0.25) is 9.36 Å². The summed E-state index contributed by atoms with van der Waals surface area (Å²) in [5, 5.41) is 0.595. The SMILES string of the molecule is COc1ccc2nc(/C=C/c3ccccc3)n(CC3CCCC(CN)C3)c(=O)c2c1. The summed E-state index contributed by atoms with van der Waals surface area (Å²) >= 11 is 0. The van der Waals surface area contributed by atoms with Gasteiger partial charge in [-0.2, -0.15) is 0 Å². The van der Waals surface area contributed by atoms with Gasteiger partial charge in [-0.15, -0.1) is 0 Å². The van der Waals surface area contributed by atoms with Gasteiger partial charge < -0.3 is 10.5 Å².